The van der Waals surface area contributed by atoms with Gasteiger partial charge in [0.1, 0.15) is 11.9 Å². The van der Waals surface area contributed by atoms with Gasteiger partial charge >= 0.3 is 5.97 Å². The van der Waals surface area contributed by atoms with Gasteiger partial charge in [0.25, 0.3) is 0 Å². The molecule has 3 N–H and O–H groups in total. The van der Waals surface area contributed by atoms with E-state index in [1.807, 2.05) is 30.5 Å². The number of nitrogens with one attached hydrogen (secondary N) is 3. The molecule has 0 saturated carbocycles. The standard InChI is InChI=1S/C18H17ClN4O2S/c1-25-17(24)15(8-11-9-20-14-5-3-2-4-13(11)14)22-18(26)23-16-7-6-12(19)10-21-16/h2-7,9-10,15,20H,8H2,1H3,(H2,21,22,23,26). The van der Waals surface area contributed by atoms with Crippen LogP contribution in [-0.2, 0) is 16.0 Å². The zero-order chi connectivity index (χ0) is 18.5. The number of anilines is 1. The predicted molar refractivity (Wildman–Crippen MR) is 106 cm³/mol. The van der Waals surface area contributed by atoms with E-state index in [2.05, 4.69) is 20.6 Å². The summed E-state index contributed by atoms with van der Waals surface area (Å²) in [5.74, 6) is 0.131. The monoisotopic (exact) mass is 388 g/mol. The minimum absolute atomic E-state index is 0.273. The molecule has 26 heavy (non-hydrogen) atoms. The molecule has 0 spiro atoms. The molecule has 3 aromatic rings. The van der Waals surface area contributed by atoms with E-state index >= 15 is 0 Å². The van der Waals surface area contributed by atoms with E-state index in [-0.39, 0.29) is 5.11 Å². The molecule has 0 aliphatic rings. The second-order valence-electron chi connectivity index (χ2n) is 5.60. The molecule has 0 fully saturated rings. The number of aromatic nitrogens is 2. The van der Waals surface area contributed by atoms with Gasteiger partial charge in [-0.1, -0.05) is 29.8 Å². The Hall–Kier alpha value is -2.64. The van der Waals surface area contributed by atoms with Crippen molar-refractivity contribution in [3.63, 3.8) is 0 Å². The number of halogens is 1. The quantitative estimate of drug-likeness (QED) is 0.460. The van der Waals surface area contributed by atoms with Gasteiger partial charge in [-0.3, -0.25) is 0 Å². The Morgan fingerprint density at radius 1 is 1.35 bits per heavy atom. The number of hydrogen-bond donors (Lipinski definition) is 3. The Balaban J connectivity index is 1.72. The number of H-pyrrole nitrogens is 1. The van der Waals surface area contributed by atoms with Crippen molar-refractivity contribution in [1.82, 2.24) is 15.3 Å². The van der Waals surface area contributed by atoms with E-state index in [1.54, 1.807) is 12.1 Å². The maximum Gasteiger partial charge on any atom is 0.328 e. The van der Waals surface area contributed by atoms with Crippen molar-refractivity contribution >= 4 is 51.6 Å². The van der Waals surface area contributed by atoms with E-state index in [1.165, 1.54) is 13.3 Å². The molecule has 8 heteroatoms. The van der Waals surface area contributed by atoms with E-state index in [9.17, 15) is 4.79 Å². The third-order valence-electron chi connectivity index (χ3n) is 3.86. The van der Waals surface area contributed by atoms with Crippen LogP contribution in [0, 0.1) is 0 Å². The fraction of sp³-hybridized carbons (Fsp3) is 0.167. The average Bonchev–Trinajstić information content (AvgIpc) is 3.05. The predicted octanol–water partition coefficient (Wildman–Crippen LogP) is 3.29. The first-order chi connectivity index (χ1) is 12.6. The minimum Gasteiger partial charge on any atom is -0.467 e. The number of benzene rings is 1. The average molecular weight is 389 g/mol. The number of carbonyl (C=O) groups is 1. The molecule has 0 bridgehead atoms. The molecule has 2 aromatic heterocycles. The highest BCUT2D eigenvalue weighted by atomic mass is 35.5. The molecule has 3 rings (SSSR count). The van der Waals surface area contributed by atoms with Crippen LogP contribution in [0.15, 0.2) is 48.8 Å². The minimum atomic E-state index is -0.633. The smallest absolute Gasteiger partial charge is 0.328 e. The van der Waals surface area contributed by atoms with Crippen molar-refractivity contribution in [2.75, 3.05) is 12.4 Å². The molecule has 0 saturated heterocycles. The van der Waals surface area contributed by atoms with Crippen molar-refractivity contribution in [3.05, 3.63) is 59.4 Å². The second-order valence-corrected chi connectivity index (χ2v) is 6.44. The number of hydrogen-bond acceptors (Lipinski definition) is 4. The number of carbonyl (C=O) groups excluding carboxylic acids is 1. The van der Waals surface area contributed by atoms with E-state index in [0.717, 1.165) is 16.5 Å². The largest absolute Gasteiger partial charge is 0.467 e. The highest BCUT2D eigenvalue weighted by Crippen LogP contribution is 2.19. The number of nitrogens with zero attached hydrogens (tertiary/aromatic N) is 1. The topological polar surface area (TPSA) is 79.0 Å². The molecule has 0 amide bonds. The summed E-state index contributed by atoms with van der Waals surface area (Å²) < 4.78 is 4.91. The van der Waals surface area contributed by atoms with Crippen molar-refractivity contribution in [3.8, 4) is 0 Å². The molecular weight excluding hydrogens is 372 g/mol. The summed E-state index contributed by atoms with van der Waals surface area (Å²) in [5.41, 5.74) is 2.01. The third kappa shape index (κ3) is 4.30. The van der Waals surface area contributed by atoms with Crippen LogP contribution >= 0.6 is 23.8 Å². The van der Waals surface area contributed by atoms with Crippen LogP contribution in [0.5, 0.6) is 0 Å². The molecule has 1 atom stereocenters. The number of methoxy groups -OCH3 is 1. The molecule has 0 aliphatic carbocycles. The first kappa shape index (κ1) is 18.2. The summed E-state index contributed by atoms with van der Waals surface area (Å²) in [6.07, 6.45) is 3.82. The maximum absolute atomic E-state index is 12.2. The van der Waals surface area contributed by atoms with Gasteiger partial charge in [0, 0.05) is 29.7 Å². The first-order valence-corrected chi connectivity index (χ1v) is 8.67. The summed E-state index contributed by atoms with van der Waals surface area (Å²) in [4.78, 5) is 19.5. The van der Waals surface area contributed by atoms with Crippen LogP contribution < -0.4 is 10.6 Å². The highest BCUT2D eigenvalue weighted by molar-refractivity contribution is 7.80. The van der Waals surface area contributed by atoms with Gasteiger partial charge in [-0.05, 0) is 36.0 Å². The normalized spacial score (nSPS) is 11.8. The molecule has 1 aromatic carbocycles. The number of esters is 1. The summed E-state index contributed by atoms with van der Waals surface area (Å²) in [7, 11) is 1.35. The number of rotatable bonds is 5. The summed E-state index contributed by atoms with van der Waals surface area (Å²) in [5, 5.41) is 7.78. The summed E-state index contributed by atoms with van der Waals surface area (Å²) in [6.45, 7) is 0. The van der Waals surface area contributed by atoms with Crippen molar-refractivity contribution < 1.29 is 9.53 Å². The van der Waals surface area contributed by atoms with Crippen LogP contribution in [0.4, 0.5) is 5.82 Å². The zero-order valence-corrected chi connectivity index (χ0v) is 15.5. The van der Waals surface area contributed by atoms with Gasteiger partial charge < -0.3 is 20.4 Å². The zero-order valence-electron chi connectivity index (χ0n) is 14.0. The molecule has 6 nitrogen and oxygen atoms in total. The second kappa shape index (κ2) is 8.16. The van der Waals surface area contributed by atoms with Gasteiger partial charge in [-0.25, -0.2) is 9.78 Å². The number of thiocarbonyl (C=S) groups is 1. The Kier molecular flexibility index (Phi) is 5.70. The van der Waals surface area contributed by atoms with Crippen molar-refractivity contribution in [2.24, 2.45) is 0 Å². The Morgan fingerprint density at radius 2 is 2.15 bits per heavy atom. The molecule has 2 heterocycles. The summed E-state index contributed by atoms with van der Waals surface area (Å²) >= 11 is 11.1. The van der Waals surface area contributed by atoms with Gasteiger partial charge in [-0.15, -0.1) is 0 Å². The van der Waals surface area contributed by atoms with Crippen molar-refractivity contribution in [2.45, 2.75) is 12.5 Å². The number of ether oxygens (including phenoxy) is 1. The number of fused-ring (bicyclic) bond motifs is 1. The molecule has 134 valence electrons. The van der Waals surface area contributed by atoms with Gasteiger partial charge in [-0.2, -0.15) is 0 Å². The van der Waals surface area contributed by atoms with Gasteiger partial charge in [0.05, 0.1) is 12.1 Å². The third-order valence-corrected chi connectivity index (χ3v) is 4.30. The lowest BCUT2D eigenvalue weighted by Crippen LogP contribution is -2.44. The number of para-hydroxylation sites is 1. The van der Waals surface area contributed by atoms with Crippen LogP contribution in [0.3, 0.4) is 0 Å². The summed E-state index contributed by atoms with van der Waals surface area (Å²) in [6, 6.07) is 10.7. The van der Waals surface area contributed by atoms with E-state index in [4.69, 9.17) is 28.6 Å². The lowest BCUT2D eigenvalue weighted by atomic mass is 10.1. The van der Waals surface area contributed by atoms with Crippen LogP contribution in [0.25, 0.3) is 10.9 Å². The van der Waals surface area contributed by atoms with Crippen LogP contribution in [-0.4, -0.2) is 34.2 Å². The Morgan fingerprint density at radius 3 is 2.88 bits per heavy atom. The van der Waals surface area contributed by atoms with Gasteiger partial charge in [0.15, 0.2) is 5.11 Å². The molecule has 0 radical (unpaired) electrons. The lowest BCUT2D eigenvalue weighted by Gasteiger charge is -2.18. The fourth-order valence-corrected chi connectivity index (χ4v) is 2.97. The Bertz CT molecular complexity index is 926. The number of pyridine rings is 1. The van der Waals surface area contributed by atoms with Crippen LogP contribution in [0.1, 0.15) is 5.56 Å². The lowest BCUT2D eigenvalue weighted by molar-refractivity contribution is -0.142. The highest BCUT2D eigenvalue weighted by Gasteiger charge is 2.22. The van der Waals surface area contributed by atoms with E-state index < -0.39 is 12.0 Å². The molecule has 1 unspecified atom stereocenters. The number of aromatic amines is 1. The molecular formula is C18H17ClN4O2S. The van der Waals surface area contributed by atoms with Crippen LogP contribution in [0.2, 0.25) is 5.02 Å². The van der Waals surface area contributed by atoms with Crippen molar-refractivity contribution in [1.29, 1.82) is 0 Å². The SMILES string of the molecule is COC(=O)C(Cc1c[nH]c2ccccc12)NC(=S)Nc1ccc(Cl)cn1. The fourth-order valence-electron chi connectivity index (χ4n) is 2.62. The first-order valence-electron chi connectivity index (χ1n) is 7.88. The molecule has 0 aliphatic heterocycles. The van der Waals surface area contributed by atoms with Gasteiger partial charge in [0.2, 0.25) is 0 Å². The van der Waals surface area contributed by atoms with E-state index in [0.29, 0.717) is 17.3 Å². The Labute approximate surface area is 160 Å². The maximum atomic E-state index is 12.2.